The highest BCUT2D eigenvalue weighted by Crippen LogP contribution is 2.38. The summed E-state index contributed by atoms with van der Waals surface area (Å²) in [4.78, 5) is 2.56. The van der Waals surface area contributed by atoms with Gasteiger partial charge in [-0.15, -0.1) is 10.2 Å². The molecule has 1 saturated carbocycles. The number of rotatable bonds is 5. The van der Waals surface area contributed by atoms with Crippen molar-refractivity contribution in [1.29, 1.82) is 0 Å². The first-order valence-corrected chi connectivity index (χ1v) is 8.41. The standard InChI is InChI=1S/C16H24N6/c1-20-15(18-19-16(20)13-6-7-13)12-21-9-3-2-5-14(21)11-22-10-4-8-17-22/h4,8,10,13-14H,2-3,5-7,9,11-12H2,1H3/t14-/m0/s1. The molecule has 4 rings (SSSR count). The van der Waals surface area contributed by atoms with E-state index in [1.54, 1.807) is 0 Å². The smallest absolute Gasteiger partial charge is 0.146 e. The highest BCUT2D eigenvalue weighted by molar-refractivity contribution is 5.08. The van der Waals surface area contributed by atoms with Gasteiger partial charge in [0.25, 0.3) is 0 Å². The van der Waals surface area contributed by atoms with E-state index < -0.39 is 0 Å². The van der Waals surface area contributed by atoms with Crippen LogP contribution in [0.1, 0.15) is 49.7 Å². The molecule has 0 amide bonds. The molecule has 1 aliphatic heterocycles. The fraction of sp³-hybridized carbons (Fsp3) is 0.688. The van der Waals surface area contributed by atoms with Crippen molar-refractivity contribution in [2.24, 2.45) is 7.05 Å². The van der Waals surface area contributed by atoms with Gasteiger partial charge in [0.1, 0.15) is 11.6 Å². The number of piperidine rings is 1. The van der Waals surface area contributed by atoms with Gasteiger partial charge in [0.05, 0.1) is 13.1 Å². The van der Waals surface area contributed by atoms with E-state index in [1.807, 2.05) is 12.3 Å². The molecule has 1 saturated heterocycles. The lowest BCUT2D eigenvalue weighted by atomic mass is 10.0. The maximum atomic E-state index is 4.45. The van der Waals surface area contributed by atoms with Crippen molar-refractivity contribution in [1.82, 2.24) is 29.4 Å². The molecule has 0 radical (unpaired) electrons. The van der Waals surface area contributed by atoms with Crippen LogP contribution in [0.25, 0.3) is 0 Å². The fourth-order valence-electron chi connectivity index (χ4n) is 3.49. The van der Waals surface area contributed by atoms with Crippen molar-refractivity contribution in [2.75, 3.05) is 6.54 Å². The van der Waals surface area contributed by atoms with Crippen LogP contribution in [0.2, 0.25) is 0 Å². The lowest BCUT2D eigenvalue weighted by Crippen LogP contribution is -2.42. The normalized spacial score (nSPS) is 23.0. The van der Waals surface area contributed by atoms with Crippen molar-refractivity contribution < 1.29 is 0 Å². The Kier molecular flexibility index (Phi) is 3.70. The molecule has 0 unspecified atom stereocenters. The summed E-state index contributed by atoms with van der Waals surface area (Å²) in [6, 6.07) is 2.55. The van der Waals surface area contributed by atoms with Gasteiger partial charge >= 0.3 is 0 Å². The molecule has 0 spiro atoms. The van der Waals surface area contributed by atoms with Crippen molar-refractivity contribution in [2.45, 2.75) is 57.2 Å². The topological polar surface area (TPSA) is 51.8 Å². The number of aromatic nitrogens is 5. The molecular weight excluding hydrogens is 276 g/mol. The summed E-state index contributed by atoms with van der Waals surface area (Å²) < 4.78 is 4.27. The van der Waals surface area contributed by atoms with Crippen LogP contribution in [-0.2, 0) is 20.1 Å². The molecule has 3 heterocycles. The number of likely N-dealkylation sites (tertiary alicyclic amines) is 1. The van der Waals surface area contributed by atoms with Crippen LogP contribution in [0, 0.1) is 0 Å². The number of nitrogens with zero attached hydrogens (tertiary/aromatic N) is 6. The largest absolute Gasteiger partial charge is 0.317 e. The van der Waals surface area contributed by atoms with Crippen molar-refractivity contribution in [3.05, 3.63) is 30.1 Å². The average molecular weight is 300 g/mol. The van der Waals surface area contributed by atoms with Gasteiger partial charge < -0.3 is 4.57 Å². The first-order chi connectivity index (χ1) is 10.8. The van der Waals surface area contributed by atoms with Crippen molar-refractivity contribution >= 4 is 0 Å². The van der Waals surface area contributed by atoms with Crippen LogP contribution in [0.5, 0.6) is 0 Å². The number of hydrogen-bond acceptors (Lipinski definition) is 4. The van der Waals surface area contributed by atoms with Crippen LogP contribution in [-0.4, -0.2) is 42.0 Å². The molecule has 0 bridgehead atoms. The zero-order valence-corrected chi connectivity index (χ0v) is 13.2. The third kappa shape index (κ3) is 2.79. The van der Waals surface area contributed by atoms with E-state index in [4.69, 9.17) is 0 Å². The van der Waals surface area contributed by atoms with Gasteiger partial charge in [-0.05, 0) is 38.3 Å². The van der Waals surface area contributed by atoms with Crippen LogP contribution in [0.4, 0.5) is 0 Å². The second-order valence-electron chi connectivity index (χ2n) is 6.66. The predicted molar refractivity (Wildman–Crippen MR) is 83.3 cm³/mol. The summed E-state index contributed by atoms with van der Waals surface area (Å²) in [5.74, 6) is 2.94. The molecule has 22 heavy (non-hydrogen) atoms. The minimum atomic E-state index is 0.551. The van der Waals surface area contributed by atoms with E-state index in [2.05, 4.69) is 42.7 Å². The van der Waals surface area contributed by atoms with Crippen LogP contribution in [0.3, 0.4) is 0 Å². The van der Waals surface area contributed by atoms with Gasteiger partial charge in [-0.1, -0.05) is 6.42 Å². The summed E-state index contributed by atoms with van der Waals surface area (Å²) in [6.07, 6.45) is 10.3. The van der Waals surface area contributed by atoms with Crippen molar-refractivity contribution in [3.8, 4) is 0 Å². The Bertz CT molecular complexity index is 613. The van der Waals surface area contributed by atoms with Crippen molar-refractivity contribution in [3.63, 3.8) is 0 Å². The first-order valence-electron chi connectivity index (χ1n) is 8.41. The Morgan fingerprint density at radius 2 is 2.09 bits per heavy atom. The average Bonchev–Trinajstić information content (AvgIpc) is 3.12. The van der Waals surface area contributed by atoms with E-state index in [-0.39, 0.29) is 0 Å². The van der Waals surface area contributed by atoms with Gasteiger partial charge in [0.15, 0.2) is 0 Å². The Morgan fingerprint density at radius 1 is 1.18 bits per heavy atom. The molecule has 2 aromatic rings. The molecule has 0 N–H and O–H groups in total. The fourth-order valence-corrected chi connectivity index (χ4v) is 3.49. The minimum absolute atomic E-state index is 0.551. The molecule has 0 aromatic carbocycles. The van der Waals surface area contributed by atoms with Crippen LogP contribution < -0.4 is 0 Å². The third-order valence-electron chi connectivity index (χ3n) is 4.99. The zero-order valence-electron chi connectivity index (χ0n) is 13.2. The second-order valence-corrected chi connectivity index (χ2v) is 6.66. The lowest BCUT2D eigenvalue weighted by Gasteiger charge is -2.35. The lowest BCUT2D eigenvalue weighted by molar-refractivity contribution is 0.117. The summed E-state index contributed by atoms with van der Waals surface area (Å²) >= 11 is 0. The van der Waals surface area contributed by atoms with E-state index in [0.717, 1.165) is 25.5 Å². The summed E-state index contributed by atoms with van der Waals surface area (Å²) in [6.45, 7) is 3.03. The van der Waals surface area contributed by atoms with Gasteiger partial charge in [-0.25, -0.2) is 0 Å². The molecule has 118 valence electrons. The summed E-state index contributed by atoms with van der Waals surface area (Å²) in [5, 5.41) is 13.2. The SMILES string of the molecule is Cn1c(CN2CCCC[C@H]2Cn2cccn2)nnc1C1CC1. The Morgan fingerprint density at radius 3 is 2.86 bits per heavy atom. The van der Waals surface area contributed by atoms with Crippen LogP contribution in [0.15, 0.2) is 18.5 Å². The molecule has 2 aromatic heterocycles. The predicted octanol–water partition coefficient (Wildman–Crippen LogP) is 1.94. The molecule has 6 heteroatoms. The molecule has 2 aliphatic rings. The monoisotopic (exact) mass is 300 g/mol. The Balaban J connectivity index is 1.47. The van der Waals surface area contributed by atoms with E-state index in [1.165, 1.54) is 37.9 Å². The highest BCUT2D eigenvalue weighted by Gasteiger charge is 2.30. The van der Waals surface area contributed by atoms with E-state index >= 15 is 0 Å². The second kappa shape index (κ2) is 5.83. The van der Waals surface area contributed by atoms with Gasteiger partial charge in [-0.2, -0.15) is 5.10 Å². The molecule has 6 nitrogen and oxygen atoms in total. The van der Waals surface area contributed by atoms with E-state index in [0.29, 0.717) is 12.0 Å². The molecule has 1 aliphatic carbocycles. The quantitative estimate of drug-likeness (QED) is 0.847. The summed E-state index contributed by atoms with van der Waals surface area (Å²) in [5.41, 5.74) is 0. The minimum Gasteiger partial charge on any atom is -0.317 e. The third-order valence-corrected chi connectivity index (χ3v) is 4.99. The first kappa shape index (κ1) is 13.9. The highest BCUT2D eigenvalue weighted by atomic mass is 15.3. The van der Waals surface area contributed by atoms with Gasteiger partial charge in [0.2, 0.25) is 0 Å². The van der Waals surface area contributed by atoms with Gasteiger partial charge in [-0.3, -0.25) is 9.58 Å². The Labute approximate surface area is 131 Å². The maximum absolute atomic E-state index is 4.45. The van der Waals surface area contributed by atoms with E-state index in [9.17, 15) is 0 Å². The van der Waals surface area contributed by atoms with Crippen LogP contribution >= 0.6 is 0 Å². The summed E-state index contributed by atoms with van der Waals surface area (Å²) in [7, 11) is 2.12. The maximum Gasteiger partial charge on any atom is 0.146 e. The number of hydrogen-bond donors (Lipinski definition) is 0. The zero-order chi connectivity index (χ0) is 14.9. The molecular formula is C16H24N6. The molecule has 2 fully saturated rings. The Hall–Kier alpha value is -1.69. The van der Waals surface area contributed by atoms with Gasteiger partial charge in [0, 0.05) is 31.4 Å². The molecule has 1 atom stereocenters.